The molecule has 0 radical (unpaired) electrons. The smallest absolute Gasteiger partial charge is 0.326 e. The van der Waals surface area contributed by atoms with Crippen LogP contribution in [0.3, 0.4) is 0 Å². The number of nitrogens with one attached hydrogen (secondary N) is 1. The summed E-state index contributed by atoms with van der Waals surface area (Å²) in [5.74, 6) is -0.771. The molecule has 0 unspecified atom stereocenters. The summed E-state index contributed by atoms with van der Waals surface area (Å²) >= 11 is 0. The number of nitrogens with two attached hydrogens (primary N) is 1. The Morgan fingerprint density at radius 3 is 2.31 bits per heavy atom. The van der Waals surface area contributed by atoms with Gasteiger partial charge in [-0.3, -0.25) is 4.79 Å². The molecule has 0 aliphatic rings. The molecule has 4 N–H and O–H groups in total. The Morgan fingerprint density at radius 1 is 1.08 bits per heavy atom. The minimum absolute atomic E-state index is 0.215. The van der Waals surface area contributed by atoms with Crippen molar-refractivity contribution in [2.24, 2.45) is 5.73 Å². The predicted molar refractivity (Wildman–Crippen MR) is 99.0 cm³/mol. The van der Waals surface area contributed by atoms with Gasteiger partial charge in [-0.05, 0) is 36.1 Å². The average Bonchev–Trinajstić information content (AvgIpc) is 2.66. The highest BCUT2D eigenvalue weighted by Gasteiger charge is 2.23. The Balaban J connectivity index is 1.87. The average molecular weight is 356 g/mol. The predicted octanol–water partition coefficient (Wildman–Crippen LogP) is 1.77. The molecule has 0 fully saturated rings. The molecule has 1 amide bonds. The Labute approximate surface area is 153 Å². The number of methoxy groups -OCH3 is 1. The first-order valence-corrected chi connectivity index (χ1v) is 8.45. The van der Waals surface area contributed by atoms with Crippen molar-refractivity contribution in [1.29, 1.82) is 0 Å². The highest BCUT2D eigenvalue weighted by Crippen LogP contribution is 2.13. The Kier molecular flexibility index (Phi) is 7.17. The third kappa shape index (κ3) is 5.89. The zero-order valence-corrected chi connectivity index (χ0v) is 14.7. The van der Waals surface area contributed by atoms with E-state index in [0.29, 0.717) is 12.8 Å². The molecular weight excluding hydrogens is 332 g/mol. The molecule has 0 aliphatic heterocycles. The maximum atomic E-state index is 12.3. The van der Waals surface area contributed by atoms with E-state index in [1.807, 2.05) is 54.6 Å². The second-order valence-electron chi connectivity index (χ2n) is 6.08. The molecular formula is C20H24N2O4. The van der Waals surface area contributed by atoms with Crippen LogP contribution in [0.25, 0.3) is 0 Å². The van der Waals surface area contributed by atoms with Crippen molar-refractivity contribution in [3.8, 4) is 5.75 Å². The van der Waals surface area contributed by atoms with Crippen molar-refractivity contribution in [1.82, 2.24) is 5.32 Å². The van der Waals surface area contributed by atoms with Gasteiger partial charge in [0, 0.05) is 6.42 Å². The maximum absolute atomic E-state index is 12.3. The van der Waals surface area contributed by atoms with Crippen molar-refractivity contribution in [2.45, 2.75) is 31.3 Å². The van der Waals surface area contributed by atoms with Crippen LogP contribution in [0.2, 0.25) is 0 Å². The van der Waals surface area contributed by atoms with E-state index < -0.39 is 24.0 Å². The van der Waals surface area contributed by atoms with Gasteiger partial charge in [0.1, 0.15) is 11.8 Å². The molecule has 0 aliphatic carbocycles. The topological polar surface area (TPSA) is 102 Å². The molecule has 0 saturated carbocycles. The van der Waals surface area contributed by atoms with E-state index in [0.717, 1.165) is 16.9 Å². The molecule has 0 bridgehead atoms. The SMILES string of the molecule is COc1ccc(CC[C@H](N)C(=O)N[C@@H](Cc2ccccc2)C(=O)O)cc1. The molecule has 2 aromatic carbocycles. The number of carbonyl (C=O) groups is 2. The molecule has 6 heteroatoms. The molecule has 0 saturated heterocycles. The molecule has 6 nitrogen and oxygen atoms in total. The van der Waals surface area contributed by atoms with Gasteiger partial charge >= 0.3 is 5.97 Å². The number of carboxylic acid groups (broad SMARTS) is 1. The number of aliphatic carboxylic acids is 1. The summed E-state index contributed by atoms with van der Waals surface area (Å²) < 4.78 is 5.10. The van der Waals surface area contributed by atoms with Gasteiger partial charge in [0.15, 0.2) is 0 Å². The van der Waals surface area contributed by atoms with Crippen LogP contribution in [0.15, 0.2) is 54.6 Å². The molecule has 0 aromatic heterocycles. The summed E-state index contributed by atoms with van der Waals surface area (Å²) in [6.45, 7) is 0. The Hall–Kier alpha value is -2.86. The summed E-state index contributed by atoms with van der Waals surface area (Å²) in [4.78, 5) is 23.7. The lowest BCUT2D eigenvalue weighted by Gasteiger charge is -2.18. The molecule has 0 spiro atoms. The van der Waals surface area contributed by atoms with Crippen LogP contribution < -0.4 is 15.8 Å². The van der Waals surface area contributed by atoms with Crippen LogP contribution in [-0.2, 0) is 22.4 Å². The molecule has 2 aromatic rings. The van der Waals surface area contributed by atoms with Crippen molar-refractivity contribution >= 4 is 11.9 Å². The summed E-state index contributed by atoms with van der Waals surface area (Å²) in [5, 5.41) is 11.9. The number of hydrogen-bond donors (Lipinski definition) is 3. The van der Waals surface area contributed by atoms with Gasteiger partial charge < -0.3 is 20.9 Å². The quantitative estimate of drug-likeness (QED) is 0.635. The zero-order chi connectivity index (χ0) is 18.9. The fourth-order valence-corrected chi connectivity index (χ4v) is 2.57. The van der Waals surface area contributed by atoms with Gasteiger partial charge in [-0.2, -0.15) is 0 Å². The summed E-state index contributed by atoms with van der Waals surface area (Å²) in [5.41, 5.74) is 7.81. The number of carboxylic acids is 1. The van der Waals surface area contributed by atoms with Crippen LogP contribution in [0.4, 0.5) is 0 Å². The number of amides is 1. The van der Waals surface area contributed by atoms with Gasteiger partial charge in [-0.25, -0.2) is 4.79 Å². The molecule has 2 atom stereocenters. The Morgan fingerprint density at radius 2 is 1.73 bits per heavy atom. The molecule has 26 heavy (non-hydrogen) atoms. The summed E-state index contributed by atoms with van der Waals surface area (Å²) in [7, 11) is 1.60. The van der Waals surface area contributed by atoms with E-state index in [9.17, 15) is 14.7 Å². The van der Waals surface area contributed by atoms with Crippen LogP contribution >= 0.6 is 0 Å². The van der Waals surface area contributed by atoms with Gasteiger partial charge in [-0.1, -0.05) is 42.5 Å². The largest absolute Gasteiger partial charge is 0.497 e. The third-order valence-electron chi connectivity index (χ3n) is 4.14. The van der Waals surface area contributed by atoms with Crippen molar-refractivity contribution in [2.75, 3.05) is 7.11 Å². The van der Waals surface area contributed by atoms with Gasteiger partial charge in [0.05, 0.1) is 13.2 Å². The second kappa shape index (κ2) is 9.58. The van der Waals surface area contributed by atoms with E-state index in [-0.39, 0.29) is 6.42 Å². The standard InChI is InChI=1S/C20H24N2O4/c1-26-16-10-7-14(8-11-16)9-12-17(21)19(23)22-18(20(24)25)13-15-5-3-2-4-6-15/h2-8,10-11,17-18H,9,12-13,21H2,1H3,(H,22,23)(H,24,25)/t17-,18-/m0/s1. The zero-order valence-electron chi connectivity index (χ0n) is 14.7. The molecule has 138 valence electrons. The first-order valence-electron chi connectivity index (χ1n) is 8.45. The lowest BCUT2D eigenvalue weighted by atomic mass is 10.0. The van der Waals surface area contributed by atoms with Crippen LogP contribution in [-0.4, -0.2) is 36.2 Å². The minimum Gasteiger partial charge on any atom is -0.497 e. The number of rotatable bonds is 9. The second-order valence-corrected chi connectivity index (χ2v) is 6.08. The number of benzene rings is 2. The lowest BCUT2D eigenvalue weighted by molar-refractivity contribution is -0.142. The summed E-state index contributed by atoms with van der Waals surface area (Å²) in [6.07, 6.45) is 1.26. The van der Waals surface area contributed by atoms with Crippen molar-refractivity contribution < 1.29 is 19.4 Å². The minimum atomic E-state index is -1.08. The highest BCUT2D eigenvalue weighted by atomic mass is 16.5. The fourth-order valence-electron chi connectivity index (χ4n) is 2.57. The van der Waals surface area contributed by atoms with E-state index in [2.05, 4.69) is 5.32 Å². The molecule has 0 heterocycles. The number of ether oxygens (including phenoxy) is 1. The number of hydrogen-bond acceptors (Lipinski definition) is 4. The maximum Gasteiger partial charge on any atom is 0.326 e. The summed E-state index contributed by atoms with van der Waals surface area (Å²) in [6, 6.07) is 14.9. The van der Waals surface area contributed by atoms with Crippen molar-refractivity contribution in [3.63, 3.8) is 0 Å². The highest BCUT2D eigenvalue weighted by molar-refractivity contribution is 5.86. The van der Waals surface area contributed by atoms with Gasteiger partial charge in [0.25, 0.3) is 0 Å². The van der Waals surface area contributed by atoms with Crippen LogP contribution in [0.5, 0.6) is 5.75 Å². The van der Waals surface area contributed by atoms with E-state index in [1.165, 1.54) is 0 Å². The number of aryl methyl sites for hydroxylation is 1. The monoisotopic (exact) mass is 356 g/mol. The van der Waals surface area contributed by atoms with E-state index >= 15 is 0 Å². The first kappa shape index (κ1) is 19.5. The van der Waals surface area contributed by atoms with Crippen LogP contribution in [0.1, 0.15) is 17.5 Å². The fraction of sp³-hybridized carbons (Fsp3) is 0.300. The normalized spacial score (nSPS) is 12.8. The molecule has 2 rings (SSSR count). The van der Waals surface area contributed by atoms with Crippen LogP contribution in [0, 0.1) is 0 Å². The lowest BCUT2D eigenvalue weighted by Crippen LogP contribution is -2.49. The van der Waals surface area contributed by atoms with Crippen molar-refractivity contribution in [3.05, 3.63) is 65.7 Å². The van der Waals surface area contributed by atoms with Gasteiger partial charge in [-0.15, -0.1) is 0 Å². The third-order valence-corrected chi connectivity index (χ3v) is 4.14. The van der Waals surface area contributed by atoms with Gasteiger partial charge in [0.2, 0.25) is 5.91 Å². The Bertz CT molecular complexity index is 716. The number of carbonyl (C=O) groups excluding carboxylic acids is 1. The first-order chi connectivity index (χ1) is 12.5. The van der Waals surface area contributed by atoms with E-state index in [4.69, 9.17) is 10.5 Å². The van der Waals surface area contributed by atoms with E-state index in [1.54, 1.807) is 7.11 Å².